The number of para-hydroxylation sites is 1. The fraction of sp³-hybridized carbons (Fsp3) is 0.588. The lowest BCUT2D eigenvalue weighted by molar-refractivity contribution is 0.303. The Morgan fingerprint density at radius 1 is 1.38 bits per heavy atom. The van der Waals surface area contributed by atoms with Gasteiger partial charge < -0.3 is 4.74 Å². The topological polar surface area (TPSA) is 50.1 Å². The molecule has 1 fully saturated rings. The molecule has 1 saturated carbocycles. The smallest absolute Gasteiger partial charge is 0.134 e. The van der Waals surface area contributed by atoms with Crippen LogP contribution in [-0.4, -0.2) is 16.6 Å². The molecule has 0 saturated heterocycles. The number of nitrogens with zero attached hydrogens (tertiary/aromatic N) is 1. The molecule has 0 spiro atoms. The Hall–Kier alpha value is -1.34. The second-order valence-corrected chi connectivity index (χ2v) is 7.33. The maximum absolute atomic E-state index is 13.0. The Kier molecular flexibility index (Phi) is 5.81. The number of nitriles is 1. The Morgan fingerprint density at radius 2 is 2.14 bits per heavy atom. The molecule has 1 aromatic carbocycles. The first-order valence-electron chi connectivity index (χ1n) is 7.64. The summed E-state index contributed by atoms with van der Waals surface area (Å²) < 4.78 is 18.3. The number of benzene rings is 1. The lowest BCUT2D eigenvalue weighted by Gasteiger charge is -2.32. The van der Waals surface area contributed by atoms with Gasteiger partial charge >= 0.3 is 0 Å². The van der Waals surface area contributed by atoms with E-state index in [2.05, 4.69) is 13.0 Å². The van der Waals surface area contributed by atoms with Crippen LogP contribution in [0.25, 0.3) is 0 Å². The molecule has 1 aromatic rings. The summed E-state index contributed by atoms with van der Waals surface area (Å²) in [4.78, 5) is 0.724. The highest BCUT2D eigenvalue weighted by Gasteiger charge is 2.35. The molecule has 114 valence electrons. The van der Waals surface area contributed by atoms with Crippen LogP contribution in [-0.2, 0) is 10.8 Å². The van der Waals surface area contributed by atoms with Crippen LogP contribution in [0.3, 0.4) is 0 Å². The predicted molar refractivity (Wildman–Crippen MR) is 84.5 cm³/mol. The number of rotatable bonds is 5. The second-order valence-electron chi connectivity index (χ2n) is 5.69. The Morgan fingerprint density at radius 3 is 2.81 bits per heavy atom. The van der Waals surface area contributed by atoms with E-state index in [-0.39, 0.29) is 11.2 Å². The molecule has 0 aliphatic heterocycles. The fourth-order valence-electron chi connectivity index (χ4n) is 3.21. The third-order valence-electron chi connectivity index (χ3n) is 4.32. The average molecular weight is 305 g/mol. The molecule has 0 heterocycles. The highest BCUT2D eigenvalue weighted by atomic mass is 32.2. The number of ether oxygens (including phenoxy) is 1. The summed E-state index contributed by atoms with van der Waals surface area (Å²) >= 11 is 0. The predicted octanol–water partition coefficient (Wildman–Crippen LogP) is 3.91. The molecule has 4 atom stereocenters. The van der Waals surface area contributed by atoms with Crippen molar-refractivity contribution in [2.24, 2.45) is 11.8 Å². The normalized spacial score (nSPS) is 26.8. The van der Waals surface area contributed by atoms with Crippen LogP contribution in [0.5, 0.6) is 5.75 Å². The molecule has 0 bridgehead atoms. The molecule has 0 radical (unpaired) electrons. The molecule has 3 nitrogen and oxygen atoms in total. The van der Waals surface area contributed by atoms with Gasteiger partial charge in [-0.2, -0.15) is 5.26 Å². The Labute approximate surface area is 129 Å². The van der Waals surface area contributed by atoms with E-state index in [0.29, 0.717) is 11.7 Å². The quantitative estimate of drug-likeness (QED) is 0.828. The van der Waals surface area contributed by atoms with Crippen LogP contribution in [0, 0.1) is 23.2 Å². The zero-order valence-electron chi connectivity index (χ0n) is 12.7. The van der Waals surface area contributed by atoms with Gasteiger partial charge in [0, 0.05) is 0 Å². The zero-order valence-corrected chi connectivity index (χ0v) is 13.6. The summed E-state index contributed by atoms with van der Waals surface area (Å²) in [6, 6.07) is 9.81. The molecule has 21 heavy (non-hydrogen) atoms. The lowest BCUT2D eigenvalue weighted by Crippen LogP contribution is -2.32. The molecular formula is C17H23NO2S. The van der Waals surface area contributed by atoms with Gasteiger partial charge in [0.2, 0.25) is 0 Å². The SMILES string of the molecule is CCCC1CCC(C#N)C(S(=O)c2ccccc2OC)C1. The molecule has 4 heteroatoms. The molecule has 4 unspecified atom stereocenters. The fourth-order valence-corrected chi connectivity index (χ4v) is 5.05. The van der Waals surface area contributed by atoms with Crippen LogP contribution in [0.4, 0.5) is 0 Å². The van der Waals surface area contributed by atoms with Crippen molar-refractivity contribution in [1.82, 2.24) is 0 Å². The van der Waals surface area contributed by atoms with Crippen molar-refractivity contribution < 1.29 is 8.95 Å². The number of hydrogen-bond donors (Lipinski definition) is 0. The van der Waals surface area contributed by atoms with Gasteiger partial charge in [-0.3, -0.25) is 4.21 Å². The van der Waals surface area contributed by atoms with Gasteiger partial charge in [0.05, 0.1) is 40.0 Å². The number of hydrogen-bond acceptors (Lipinski definition) is 3. The molecule has 1 aliphatic carbocycles. The molecule has 0 amide bonds. The summed E-state index contributed by atoms with van der Waals surface area (Å²) in [6.45, 7) is 2.18. The van der Waals surface area contributed by atoms with Crippen LogP contribution >= 0.6 is 0 Å². The van der Waals surface area contributed by atoms with E-state index in [1.54, 1.807) is 7.11 Å². The molecule has 0 aromatic heterocycles. The third-order valence-corrected chi connectivity index (χ3v) is 6.17. The van der Waals surface area contributed by atoms with E-state index in [4.69, 9.17) is 4.74 Å². The first-order chi connectivity index (χ1) is 10.2. The van der Waals surface area contributed by atoms with Crippen molar-refractivity contribution in [3.8, 4) is 11.8 Å². The lowest BCUT2D eigenvalue weighted by atomic mass is 9.80. The standard InChI is InChI=1S/C17H23NO2S/c1-3-6-13-9-10-14(12-18)17(11-13)21(19)16-8-5-4-7-15(16)20-2/h4-5,7-8,13-14,17H,3,6,9-11H2,1-2H3. The highest BCUT2D eigenvalue weighted by molar-refractivity contribution is 7.85. The first-order valence-corrected chi connectivity index (χ1v) is 8.85. The Balaban J connectivity index is 2.23. The highest BCUT2D eigenvalue weighted by Crippen LogP contribution is 2.37. The van der Waals surface area contributed by atoms with E-state index in [9.17, 15) is 9.47 Å². The van der Waals surface area contributed by atoms with Crippen LogP contribution in [0.15, 0.2) is 29.2 Å². The van der Waals surface area contributed by atoms with Crippen LogP contribution in [0.2, 0.25) is 0 Å². The summed E-state index contributed by atoms with van der Waals surface area (Å²) in [5, 5.41) is 9.31. The molecular weight excluding hydrogens is 282 g/mol. The van der Waals surface area contributed by atoms with E-state index < -0.39 is 10.8 Å². The minimum absolute atomic E-state index is 0.0726. The van der Waals surface area contributed by atoms with Gasteiger partial charge in [-0.25, -0.2) is 0 Å². The summed E-state index contributed by atoms with van der Waals surface area (Å²) in [7, 11) is 0.413. The van der Waals surface area contributed by atoms with Gasteiger partial charge in [0.1, 0.15) is 5.75 Å². The summed E-state index contributed by atoms with van der Waals surface area (Å²) in [5.74, 6) is 1.15. The van der Waals surface area contributed by atoms with Crippen LogP contribution < -0.4 is 4.74 Å². The van der Waals surface area contributed by atoms with Gasteiger partial charge in [-0.05, 0) is 37.3 Å². The largest absolute Gasteiger partial charge is 0.495 e. The van der Waals surface area contributed by atoms with E-state index in [0.717, 1.165) is 37.0 Å². The minimum Gasteiger partial charge on any atom is -0.495 e. The minimum atomic E-state index is -1.18. The van der Waals surface area contributed by atoms with Crippen molar-refractivity contribution in [2.45, 2.75) is 49.2 Å². The van der Waals surface area contributed by atoms with E-state index in [1.807, 2.05) is 24.3 Å². The van der Waals surface area contributed by atoms with Gasteiger partial charge in [0.15, 0.2) is 0 Å². The van der Waals surface area contributed by atoms with Crippen LogP contribution in [0.1, 0.15) is 39.0 Å². The van der Waals surface area contributed by atoms with Gasteiger partial charge in [-0.1, -0.05) is 31.9 Å². The van der Waals surface area contributed by atoms with Crippen molar-refractivity contribution >= 4 is 10.8 Å². The maximum atomic E-state index is 13.0. The van der Waals surface area contributed by atoms with Crippen molar-refractivity contribution in [3.05, 3.63) is 24.3 Å². The monoisotopic (exact) mass is 305 g/mol. The van der Waals surface area contributed by atoms with Crippen molar-refractivity contribution in [1.29, 1.82) is 5.26 Å². The molecule has 2 rings (SSSR count). The first kappa shape index (κ1) is 16.0. The Bertz CT molecular complexity index is 538. The number of methoxy groups -OCH3 is 1. The zero-order chi connectivity index (χ0) is 15.2. The third kappa shape index (κ3) is 3.65. The van der Waals surface area contributed by atoms with E-state index >= 15 is 0 Å². The van der Waals surface area contributed by atoms with Crippen molar-refractivity contribution in [3.63, 3.8) is 0 Å². The van der Waals surface area contributed by atoms with Gasteiger partial charge in [0.25, 0.3) is 0 Å². The van der Waals surface area contributed by atoms with Crippen molar-refractivity contribution in [2.75, 3.05) is 7.11 Å². The molecule has 0 N–H and O–H groups in total. The van der Waals surface area contributed by atoms with Gasteiger partial charge in [-0.15, -0.1) is 0 Å². The maximum Gasteiger partial charge on any atom is 0.134 e. The van der Waals surface area contributed by atoms with E-state index in [1.165, 1.54) is 0 Å². The summed E-state index contributed by atoms with van der Waals surface area (Å²) in [5.41, 5.74) is 0. The average Bonchev–Trinajstić information content (AvgIpc) is 2.54. The summed E-state index contributed by atoms with van der Waals surface area (Å²) in [6.07, 6.45) is 5.16. The second kappa shape index (κ2) is 7.61. The molecule has 1 aliphatic rings.